The quantitative estimate of drug-likeness (QED) is 0.271. The molecule has 0 saturated carbocycles. The van der Waals surface area contributed by atoms with Gasteiger partial charge in [-0.2, -0.15) is 9.29 Å². The average Bonchev–Trinajstić information content (AvgIpc) is 3.48. The lowest BCUT2D eigenvalue weighted by Gasteiger charge is -2.18. The SMILES string of the molecule is CCN(CC)S(=O)(=O)c1cccc(-c2nnc(SC(C)c3nc(-c4ccccc4)no3)n2N)c1. The number of nitrogens with zero attached hydrogens (tertiary/aromatic N) is 6. The maximum atomic E-state index is 12.9. The Kier molecular flexibility index (Phi) is 7.00. The number of hydrogen-bond donors (Lipinski definition) is 1. The Morgan fingerprint density at radius 2 is 1.76 bits per heavy atom. The van der Waals surface area contributed by atoms with Crippen molar-refractivity contribution in [1.82, 2.24) is 29.3 Å². The monoisotopic (exact) mass is 499 g/mol. The normalized spacial score (nSPS) is 12.8. The van der Waals surface area contributed by atoms with Gasteiger partial charge in [0.1, 0.15) is 0 Å². The molecule has 0 aliphatic carbocycles. The summed E-state index contributed by atoms with van der Waals surface area (Å²) in [6, 6.07) is 16.1. The van der Waals surface area contributed by atoms with Crippen LogP contribution >= 0.6 is 11.8 Å². The van der Waals surface area contributed by atoms with E-state index in [0.717, 1.165) is 5.56 Å². The summed E-state index contributed by atoms with van der Waals surface area (Å²) in [6.07, 6.45) is 0. The number of thioether (sulfide) groups is 1. The van der Waals surface area contributed by atoms with Crippen molar-refractivity contribution in [2.75, 3.05) is 18.9 Å². The molecule has 0 radical (unpaired) electrons. The first-order chi connectivity index (χ1) is 16.3. The number of nitrogen functional groups attached to an aromatic ring is 1. The average molecular weight is 500 g/mol. The summed E-state index contributed by atoms with van der Waals surface area (Å²) < 4.78 is 34.0. The van der Waals surface area contributed by atoms with Gasteiger partial charge in [0, 0.05) is 24.2 Å². The molecule has 0 amide bonds. The molecule has 34 heavy (non-hydrogen) atoms. The molecule has 12 heteroatoms. The van der Waals surface area contributed by atoms with E-state index in [1.54, 1.807) is 38.1 Å². The Balaban J connectivity index is 1.56. The van der Waals surface area contributed by atoms with Crippen LogP contribution in [0.1, 0.15) is 31.9 Å². The lowest BCUT2D eigenvalue weighted by Crippen LogP contribution is -2.30. The highest BCUT2D eigenvalue weighted by Gasteiger charge is 2.24. The van der Waals surface area contributed by atoms with Crippen LogP contribution in [0.15, 0.2) is 69.2 Å². The summed E-state index contributed by atoms with van der Waals surface area (Å²) in [4.78, 5) is 4.65. The summed E-state index contributed by atoms with van der Waals surface area (Å²) in [5, 5.41) is 12.6. The molecule has 0 bridgehead atoms. The van der Waals surface area contributed by atoms with Gasteiger partial charge in [0.05, 0.1) is 10.1 Å². The third kappa shape index (κ3) is 4.69. The van der Waals surface area contributed by atoms with Crippen molar-refractivity contribution in [3.63, 3.8) is 0 Å². The Hall–Kier alpha value is -3.22. The van der Waals surface area contributed by atoms with E-state index in [9.17, 15) is 8.42 Å². The summed E-state index contributed by atoms with van der Waals surface area (Å²) in [5.41, 5.74) is 1.41. The Morgan fingerprint density at radius 1 is 1.06 bits per heavy atom. The number of benzene rings is 2. The van der Waals surface area contributed by atoms with Crippen LogP contribution in [0.5, 0.6) is 0 Å². The smallest absolute Gasteiger partial charge is 0.243 e. The number of sulfonamides is 1. The molecule has 1 unspecified atom stereocenters. The van der Waals surface area contributed by atoms with Crippen LogP contribution in [0.4, 0.5) is 0 Å². The zero-order valence-electron chi connectivity index (χ0n) is 19.0. The largest absolute Gasteiger partial charge is 0.338 e. The van der Waals surface area contributed by atoms with E-state index in [0.29, 0.717) is 41.3 Å². The van der Waals surface area contributed by atoms with Gasteiger partial charge in [-0.3, -0.25) is 0 Å². The van der Waals surface area contributed by atoms with Gasteiger partial charge in [0.15, 0.2) is 5.82 Å². The minimum atomic E-state index is -3.61. The second-order valence-corrected chi connectivity index (χ2v) is 10.6. The predicted octanol–water partition coefficient (Wildman–Crippen LogP) is 3.59. The van der Waals surface area contributed by atoms with Crippen LogP contribution in [0.25, 0.3) is 22.8 Å². The van der Waals surface area contributed by atoms with Gasteiger partial charge in [0.2, 0.25) is 26.9 Å². The van der Waals surface area contributed by atoms with Crippen molar-refractivity contribution < 1.29 is 12.9 Å². The minimum absolute atomic E-state index is 0.179. The topological polar surface area (TPSA) is 133 Å². The second kappa shape index (κ2) is 9.95. The molecular formula is C22H25N7O3S2. The molecule has 0 fully saturated rings. The highest BCUT2D eigenvalue weighted by atomic mass is 32.2. The molecule has 0 saturated heterocycles. The van der Waals surface area contributed by atoms with Crippen LogP contribution in [0.2, 0.25) is 0 Å². The predicted molar refractivity (Wildman–Crippen MR) is 130 cm³/mol. The lowest BCUT2D eigenvalue weighted by molar-refractivity contribution is 0.380. The van der Waals surface area contributed by atoms with Crippen LogP contribution in [-0.4, -0.2) is 50.8 Å². The molecule has 0 aliphatic heterocycles. The molecule has 0 spiro atoms. The van der Waals surface area contributed by atoms with Gasteiger partial charge in [0.25, 0.3) is 0 Å². The van der Waals surface area contributed by atoms with Crippen LogP contribution < -0.4 is 5.84 Å². The van der Waals surface area contributed by atoms with E-state index in [2.05, 4.69) is 20.3 Å². The van der Waals surface area contributed by atoms with Gasteiger partial charge in [-0.1, -0.05) is 73.2 Å². The highest BCUT2D eigenvalue weighted by molar-refractivity contribution is 7.99. The fourth-order valence-electron chi connectivity index (χ4n) is 3.38. The number of aromatic nitrogens is 5. The zero-order valence-corrected chi connectivity index (χ0v) is 20.6. The molecule has 2 N–H and O–H groups in total. The molecule has 2 heterocycles. The molecule has 0 aliphatic rings. The second-order valence-electron chi connectivity index (χ2n) is 7.38. The molecule has 178 valence electrons. The fraction of sp³-hybridized carbons (Fsp3) is 0.273. The molecule has 2 aromatic carbocycles. The van der Waals surface area contributed by atoms with Crippen molar-refractivity contribution >= 4 is 21.8 Å². The van der Waals surface area contributed by atoms with Crippen molar-refractivity contribution in [3.05, 3.63) is 60.5 Å². The van der Waals surface area contributed by atoms with Crippen LogP contribution in [0, 0.1) is 0 Å². The maximum absolute atomic E-state index is 12.9. The number of rotatable bonds is 9. The van der Waals surface area contributed by atoms with E-state index in [1.165, 1.54) is 20.7 Å². The van der Waals surface area contributed by atoms with Crippen molar-refractivity contribution in [1.29, 1.82) is 0 Å². The lowest BCUT2D eigenvalue weighted by atomic mass is 10.2. The van der Waals surface area contributed by atoms with Gasteiger partial charge in [-0.15, -0.1) is 10.2 Å². The molecule has 1 atom stereocenters. The molecular weight excluding hydrogens is 474 g/mol. The first-order valence-electron chi connectivity index (χ1n) is 10.7. The third-order valence-corrected chi connectivity index (χ3v) is 8.29. The number of hydrogen-bond acceptors (Lipinski definition) is 9. The Morgan fingerprint density at radius 3 is 2.47 bits per heavy atom. The highest BCUT2D eigenvalue weighted by Crippen LogP contribution is 2.34. The van der Waals surface area contributed by atoms with Gasteiger partial charge in [-0.25, -0.2) is 13.1 Å². The van der Waals surface area contributed by atoms with E-state index in [4.69, 9.17) is 10.4 Å². The van der Waals surface area contributed by atoms with Gasteiger partial charge in [-0.05, 0) is 19.1 Å². The van der Waals surface area contributed by atoms with E-state index < -0.39 is 10.0 Å². The maximum Gasteiger partial charge on any atom is 0.243 e. The van der Waals surface area contributed by atoms with Crippen molar-refractivity contribution in [2.24, 2.45) is 0 Å². The zero-order chi connectivity index (χ0) is 24.3. The first-order valence-corrected chi connectivity index (χ1v) is 13.0. The van der Waals surface area contributed by atoms with Crippen molar-refractivity contribution in [2.45, 2.75) is 36.1 Å². The standard InChI is InChI=1S/C22H25N7O3S2/c1-4-28(5-2)34(30,31)18-13-9-12-17(14-18)20-25-26-22(29(20)23)33-15(3)21-24-19(27-32-21)16-10-7-6-8-11-16/h6-15H,4-5,23H2,1-3H3. The summed E-state index contributed by atoms with van der Waals surface area (Å²) >= 11 is 1.31. The van der Waals surface area contributed by atoms with Crippen molar-refractivity contribution in [3.8, 4) is 22.8 Å². The van der Waals surface area contributed by atoms with Gasteiger partial charge < -0.3 is 10.4 Å². The summed E-state index contributed by atoms with van der Waals surface area (Å²) in [5.74, 6) is 7.56. The summed E-state index contributed by atoms with van der Waals surface area (Å²) in [7, 11) is -3.61. The summed E-state index contributed by atoms with van der Waals surface area (Å²) in [6.45, 7) is 6.28. The van der Waals surface area contributed by atoms with Gasteiger partial charge >= 0.3 is 0 Å². The number of nitrogens with two attached hydrogens (primary N) is 1. The molecule has 10 nitrogen and oxygen atoms in total. The Labute approximate surface area is 202 Å². The molecule has 2 aromatic heterocycles. The molecule has 4 aromatic rings. The van der Waals surface area contributed by atoms with Crippen LogP contribution in [-0.2, 0) is 10.0 Å². The Bertz CT molecular complexity index is 1370. The van der Waals surface area contributed by atoms with Crippen LogP contribution in [0.3, 0.4) is 0 Å². The first kappa shape index (κ1) is 23.9. The minimum Gasteiger partial charge on any atom is -0.338 e. The third-order valence-electron chi connectivity index (χ3n) is 5.20. The van der Waals surface area contributed by atoms with E-state index >= 15 is 0 Å². The fourth-order valence-corrected chi connectivity index (χ4v) is 5.68. The van der Waals surface area contributed by atoms with E-state index in [1.807, 2.05) is 37.3 Å². The molecule has 4 rings (SSSR count). The van der Waals surface area contributed by atoms with E-state index in [-0.39, 0.29) is 10.1 Å².